The third-order valence-corrected chi connectivity index (χ3v) is 6.87. The summed E-state index contributed by atoms with van der Waals surface area (Å²) in [6.45, 7) is 4.80. The lowest BCUT2D eigenvalue weighted by atomic mass is 10.0. The van der Waals surface area contributed by atoms with Crippen molar-refractivity contribution in [3.05, 3.63) is 75.4 Å². The van der Waals surface area contributed by atoms with Gasteiger partial charge in [0.05, 0.1) is 12.0 Å². The molecule has 0 amide bonds. The molecule has 0 saturated carbocycles. The Morgan fingerprint density at radius 3 is 2.60 bits per heavy atom. The van der Waals surface area contributed by atoms with E-state index in [4.69, 9.17) is 9.72 Å². The number of unbranched alkanes of at least 4 members (excludes halogenated alkanes) is 1. The number of hydrogen-bond donors (Lipinski definition) is 1. The number of benzene rings is 2. The predicted octanol–water partition coefficient (Wildman–Crippen LogP) is 6.22. The molecule has 0 aliphatic heterocycles. The number of aromatic nitrogens is 2. The van der Waals surface area contributed by atoms with Crippen LogP contribution in [0.4, 0.5) is 0 Å². The molecule has 0 fully saturated rings. The Morgan fingerprint density at radius 2 is 1.80 bits per heavy atom. The van der Waals surface area contributed by atoms with E-state index in [1.165, 1.54) is 0 Å². The molecule has 0 spiro atoms. The van der Waals surface area contributed by atoms with Crippen LogP contribution in [0.2, 0.25) is 0 Å². The van der Waals surface area contributed by atoms with Gasteiger partial charge in [-0.2, -0.15) is 0 Å². The van der Waals surface area contributed by atoms with Gasteiger partial charge in [0.25, 0.3) is 5.56 Å². The summed E-state index contributed by atoms with van der Waals surface area (Å²) in [7, 11) is 0. The maximum absolute atomic E-state index is 12.8. The van der Waals surface area contributed by atoms with E-state index in [0.29, 0.717) is 17.1 Å². The quantitative estimate of drug-likeness (QED) is 0.202. The highest BCUT2D eigenvalue weighted by atomic mass is 32.2. The Kier molecular flexibility index (Phi) is 6.55. The van der Waals surface area contributed by atoms with E-state index in [1.807, 2.05) is 48.5 Å². The molecule has 154 valence electrons. The molecule has 0 unspecified atom stereocenters. The van der Waals surface area contributed by atoms with E-state index in [-0.39, 0.29) is 5.56 Å². The van der Waals surface area contributed by atoms with Crippen molar-refractivity contribution < 1.29 is 4.74 Å². The summed E-state index contributed by atoms with van der Waals surface area (Å²) in [4.78, 5) is 22.4. The van der Waals surface area contributed by atoms with Gasteiger partial charge in [0.2, 0.25) is 0 Å². The van der Waals surface area contributed by atoms with Crippen molar-refractivity contribution in [2.45, 2.75) is 31.8 Å². The molecule has 1 N–H and O–H groups in total. The molecule has 4 rings (SSSR count). The minimum absolute atomic E-state index is 0.0615. The Labute approximate surface area is 184 Å². The van der Waals surface area contributed by atoms with Crippen molar-refractivity contribution in [1.82, 2.24) is 9.97 Å². The van der Waals surface area contributed by atoms with Gasteiger partial charge in [-0.15, -0.1) is 11.3 Å². The summed E-state index contributed by atoms with van der Waals surface area (Å²) in [6.07, 6.45) is 1.96. The van der Waals surface area contributed by atoms with Crippen molar-refractivity contribution in [2.24, 2.45) is 0 Å². The summed E-state index contributed by atoms with van der Waals surface area (Å²) in [5, 5.41) is 1.38. The van der Waals surface area contributed by atoms with Gasteiger partial charge in [0, 0.05) is 16.2 Å². The maximum atomic E-state index is 12.8. The second kappa shape index (κ2) is 9.49. The van der Waals surface area contributed by atoms with Crippen LogP contribution in [0.25, 0.3) is 21.3 Å². The van der Waals surface area contributed by atoms with Gasteiger partial charge in [-0.05, 0) is 43.9 Å². The van der Waals surface area contributed by atoms with Gasteiger partial charge in [-0.1, -0.05) is 60.3 Å². The fraction of sp³-hybridized carbons (Fsp3) is 0.250. The first-order valence-corrected chi connectivity index (χ1v) is 11.8. The molecule has 0 aliphatic carbocycles. The molecule has 30 heavy (non-hydrogen) atoms. The number of nitrogens with one attached hydrogen (secondary N) is 1. The monoisotopic (exact) mass is 436 g/mol. The summed E-state index contributed by atoms with van der Waals surface area (Å²) in [6, 6.07) is 18.1. The Morgan fingerprint density at radius 1 is 1.03 bits per heavy atom. The predicted molar refractivity (Wildman–Crippen MR) is 127 cm³/mol. The molecule has 4 nitrogen and oxygen atoms in total. The zero-order valence-corrected chi connectivity index (χ0v) is 18.7. The van der Waals surface area contributed by atoms with Gasteiger partial charge in [0.1, 0.15) is 10.6 Å². The van der Waals surface area contributed by atoms with Crippen LogP contribution in [-0.4, -0.2) is 22.3 Å². The Balaban J connectivity index is 1.37. The van der Waals surface area contributed by atoms with Gasteiger partial charge in [0.15, 0.2) is 5.16 Å². The third-order valence-electron chi connectivity index (χ3n) is 4.91. The lowest BCUT2D eigenvalue weighted by Crippen LogP contribution is -2.09. The van der Waals surface area contributed by atoms with Crippen LogP contribution < -0.4 is 10.3 Å². The summed E-state index contributed by atoms with van der Waals surface area (Å²) < 4.78 is 5.84. The molecule has 0 radical (unpaired) electrons. The number of thioether (sulfide) groups is 1. The summed E-state index contributed by atoms with van der Waals surface area (Å²) in [5.74, 6) is 1.84. The second-order valence-electron chi connectivity index (χ2n) is 7.12. The van der Waals surface area contributed by atoms with Gasteiger partial charge in [-0.3, -0.25) is 4.79 Å². The van der Waals surface area contributed by atoms with E-state index in [9.17, 15) is 4.79 Å². The fourth-order valence-electron chi connectivity index (χ4n) is 3.39. The van der Waals surface area contributed by atoms with Crippen LogP contribution in [0.15, 0.2) is 64.5 Å². The smallest absolute Gasteiger partial charge is 0.260 e. The topological polar surface area (TPSA) is 55.0 Å². The van der Waals surface area contributed by atoms with E-state index in [1.54, 1.807) is 23.1 Å². The number of para-hydroxylation sites is 1. The highest BCUT2D eigenvalue weighted by Crippen LogP contribution is 2.35. The van der Waals surface area contributed by atoms with E-state index < -0.39 is 0 Å². The molecule has 2 aromatic heterocycles. The number of H-pyrrole nitrogens is 1. The number of aromatic amines is 1. The van der Waals surface area contributed by atoms with Crippen molar-refractivity contribution in [3.63, 3.8) is 0 Å². The first kappa shape index (κ1) is 20.7. The molecule has 2 heterocycles. The highest BCUT2D eigenvalue weighted by Gasteiger charge is 2.16. The number of rotatable bonds is 8. The molecule has 0 bridgehead atoms. The minimum atomic E-state index is -0.0615. The van der Waals surface area contributed by atoms with Gasteiger partial charge >= 0.3 is 0 Å². The second-order valence-corrected chi connectivity index (χ2v) is 9.41. The number of ether oxygens (including phenoxy) is 1. The standard InChI is InChI=1S/C24H24N2O2S2/c1-16-10-6-7-13-19(16)28-14-8-9-15-29-24-25-22(27)21-20(17(2)30-23(21)26-24)18-11-4-3-5-12-18/h3-7,10-13H,8-9,14-15H2,1-2H3,(H,25,26,27). The van der Waals surface area contributed by atoms with E-state index >= 15 is 0 Å². The van der Waals surface area contributed by atoms with Crippen molar-refractivity contribution in [2.75, 3.05) is 12.4 Å². The number of thiophene rings is 1. The van der Waals surface area contributed by atoms with Crippen LogP contribution >= 0.6 is 23.1 Å². The van der Waals surface area contributed by atoms with E-state index in [0.717, 1.165) is 50.7 Å². The highest BCUT2D eigenvalue weighted by molar-refractivity contribution is 7.99. The molecule has 2 aromatic carbocycles. The third kappa shape index (κ3) is 4.60. The zero-order chi connectivity index (χ0) is 20.9. The van der Waals surface area contributed by atoms with Gasteiger partial charge < -0.3 is 9.72 Å². The molecular formula is C24H24N2O2S2. The SMILES string of the molecule is Cc1ccccc1OCCCCSc1nc2sc(C)c(-c3ccccc3)c2c(=O)[nH]1. The summed E-state index contributed by atoms with van der Waals surface area (Å²) in [5.41, 5.74) is 3.15. The minimum Gasteiger partial charge on any atom is -0.493 e. The van der Waals surface area contributed by atoms with Crippen LogP contribution in [0.3, 0.4) is 0 Å². The van der Waals surface area contributed by atoms with Crippen LogP contribution in [0, 0.1) is 13.8 Å². The number of fused-ring (bicyclic) bond motifs is 1. The Hall–Kier alpha value is -2.57. The van der Waals surface area contributed by atoms with Crippen LogP contribution in [-0.2, 0) is 0 Å². The average Bonchev–Trinajstić information content (AvgIpc) is 3.08. The largest absolute Gasteiger partial charge is 0.493 e. The van der Waals surface area contributed by atoms with E-state index in [2.05, 4.69) is 24.9 Å². The normalized spacial score (nSPS) is 11.1. The zero-order valence-electron chi connectivity index (χ0n) is 17.1. The lowest BCUT2D eigenvalue weighted by molar-refractivity contribution is 0.308. The van der Waals surface area contributed by atoms with Crippen molar-refractivity contribution >= 4 is 33.3 Å². The molecule has 6 heteroatoms. The number of nitrogens with zero attached hydrogens (tertiary/aromatic N) is 1. The number of hydrogen-bond acceptors (Lipinski definition) is 5. The average molecular weight is 437 g/mol. The lowest BCUT2D eigenvalue weighted by Gasteiger charge is -2.08. The van der Waals surface area contributed by atoms with Crippen molar-refractivity contribution in [1.29, 1.82) is 0 Å². The molecule has 4 aromatic rings. The van der Waals surface area contributed by atoms with Crippen molar-refractivity contribution in [3.8, 4) is 16.9 Å². The molecule has 0 aliphatic rings. The van der Waals surface area contributed by atoms with Crippen LogP contribution in [0.1, 0.15) is 23.3 Å². The first-order chi connectivity index (χ1) is 14.6. The molecule has 0 saturated heterocycles. The fourth-order valence-corrected chi connectivity index (χ4v) is 5.36. The molecule has 0 atom stereocenters. The first-order valence-electron chi connectivity index (χ1n) is 10.0. The van der Waals surface area contributed by atoms with Gasteiger partial charge in [-0.25, -0.2) is 4.98 Å². The number of aryl methyl sites for hydroxylation is 2. The summed E-state index contributed by atoms with van der Waals surface area (Å²) >= 11 is 3.18. The van der Waals surface area contributed by atoms with Crippen LogP contribution in [0.5, 0.6) is 5.75 Å². The Bertz CT molecular complexity index is 1200. The molecular weight excluding hydrogens is 412 g/mol. The maximum Gasteiger partial charge on any atom is 0.260 e.